The fourth-order valence-corrected chi connectivity index (χ4v) is 3.50. The second kappa shape index (κ2) is 6.88. The third-order valence-electron chi connectivity index (χ3n) is 4.08. The van der Waals surface area contributed by atoms with E-state index in [1.165, 1.54) is 0 Å². The first-order chi connectivity index (χ1) is 9.62. The molecule has 0 spiro atoms. The summed E-state index contributed by atoms with van der Waals surface area (Å²) in [6, 6.07) is 1.96. The second-order valence-electron chi connectivity index (χ2n) is 5.58. The van der Waals surface area contributed by atoms with Crippen molar-refractivity contribution in [1.29, 1.82) is 0 Å². The quantitative estimate of drug-likeness (QED) is 0.820. The van der Waals surface area contributed by atoms with E-state index in [0.717, 1.165) is 31.2 Å². The van der Waals surface area contributed by atoms with Gasteiger partial charge < -0.3 is 10.4 Å². The van der Waals surface area contributed by atoms with E-state index in [-0.39, 0.29) is 12.3 Å². The molecule has 2 N–H and O–H groups in total. The van der Waals surface area contributed by atoms with Crippen molar-refractivity contribution in [2.45, 2.75) is 51.5 Å². The first-order valence-corrected chi connectivity index (χ1v) is 8.08. The highest BCUT2D eigenvalue weighted by molar-refractivity contribution is 7.07. The van der Waals surface area contributed by atoms with Gasteiger partial charge in [0.25, 0.3) is 0 Å². The molecule has 0 aromatic carbocycles. The third-order valence-corrected chi connectivity index (χ3v) is 4.82. The van der Waals surface area contributed by atoms with Gasteiger partial charge in [-0.2, -0.15) is 11.3 Å². The Kier molecular flexibility index (Phi) is 5.17. The van der Waals surface area contributed by atoms with Crippen LogP contribution >= 0.6 is 11.3 Å². The first kappa shape index (κ1) is 15.0. The number of thiophene rings is 1. The van der Waals surface area contributed by atoms with Gasteiger partial charge in [-0.15, -0.1) is 0 Å². The molecule has 1 aromatic rings. The number of carbonyl (C=O) groups excluding carboxylic acids is 1. The Labute approximate surface area is 123 Å². The van der Waals surface area contributed by atoms with Crippen molar-refractivity contribution in [2.24, 2.45) is 5.41 Å². The van der Waals surface area contributed by atoms with Crippen LogP contribution in [0.2, 0.25) is 0 Å². The molecule has 1 heterocycles. The summed E-state index contributed by atoms with van der Waals surface area (Å²) in [5.41, 5.74) is 0.212. The lowest BCUT2D eigenvalue weighted by atomic mass is 9.77. The highest BCUT2D eigenvalue weighted by Crippen LogP contribution is 2.38. The molecule has 0 aliphatic heterocycles. The minimum Gasteiger partial charge on any atom is -0.481 e. The van der Waals surface area contributed by atoms with Crippen molar-refractivity contribution in [1.82, 2.24) is 5.32 Å². The van der Waals surface area contributed by atoms with E-state index in [9.17, 15) is 14.7 Å². The molecule has 0 unspecified atom stereocenters. The molecule has 2 rings (SSSR count). The van der Waals surface area contributed by atoms with Gasteiger partial charge in [0.15, 0.2) is 0 Å². The van der Waals surface area contributed by atoms with Gasteiger partial charge in [-0.1, -0.05) is 25.7 Å². The van der Waals surface area contributed by atoms with E-state index < -0.39 is 11.4 Å². The van der Waals surface area contributed by atoms with Crippen molar-refractivity contribution in [3.8, 4) is 0 Å². The average molecular weight is 295 g/mol. The molecular weight excluding hydrogens is 274 g/mol. The van der Waals surface area contributed by atoms with Gasteiger partial charge in [0, 0.05) is 13.0 Å². The Balaban J connectivity index is 1.93. The van der Waals surface area contributed by atoms with Crippen molar-refractivity contribution < 1.29 is 14.7 Å². The monoisotopic (exact) mass is 295 g/mol. The standard InChI is InChI=1S/C15H21NO3S/c17-13(16-10-12-5-8-20-11-12)9-15(14(18)19)6-3-1-2-4-7-15/h5,8,11H,1-4,6-7,9-10H2,(H,16,17)(H,18,19). The lowest BCUT2D eigenvalue weighted by Crippen LogP contribution is -2.37. The normalized spacial score (nSPS) is 18.2. The second-order valence-corrected chi connectivity index (χ2v) is 6.36. The van der Waals surface area contributed by atoms with Crippen molar-refractivity contribution in [2.75, 3.05) is 0 Å². The van der Waals surface area contributed by atoms with Crippen LogP contribution in [0.25, 0.3) is 0 Å². The van der Waals surface area contributed by atoms with Gasteiger partial charge in [-0.3, -0.25) is 9.59 Å². The maximum absolute atomic E-state index is 12.1. The maximum atomic E-state index is 12.1. The van der Waals surface area contributed by atoms with Crippen molar-refractivity contribution in [3.05, 3.63) is 22.4 Å². The summed E-state index contributed by atoms with van der Waals surface area (Å²) >= 11 is 1.59. The lowest BCUT2D eigenvalue weighted by molar-refractivity contribution is -0.152. The van der Waals surface area contributed by atoms with E-state index in [2.05, 4.69) is 5.32 Å². The average Bonchev–Trinajstić information content (AvgIpc) is 2.82. The van der Waals surface area contributed by atoms with Crippen LogP contribution in [0.15, 0.2) is 16.8 Å². The number of hydrogen-bond donors (Lipinski definition) is 2. The van der Waals surface area contributed by atoms with Gasteiger partial charge in [0.05, 0.1) is 5.41 Å². The fourth-order valence-electron chi connectivity index (χ4n) is 2.84. The zero-order chi connectivity index (χ0) is 14.4. The Morgan fingerprint density at radius 2 is 1.95 bits per heavy atom. The number of aliphatic carboxylic acids is 1. The SMILES string of the molecule is O=C(CC1(C(=O)O)CCCCCC1)NCc1ccsc1. The van der Waals surface area contributed by atoms with E-state index >= 15 is 0 Å². The fraction of sp³-hybridized carbons (Fsp3) is 0.600. The minimum atomic E-state index is -0.852. The largest absolute Gasteiger partial charge is 0.481 e. The van der Waals surface area contributed by atoms with Gasteiger partial charge in [-0.25, -0.2) is 0 Å². The molecule has 0 bridgehead atoms. The number of rotatable bonds is 5. The lowest BCUT2D eigenvalue weighted by Gasteiger charge is -2.27. The summed E-state index contributed by atoms with van der Waals surface area (Å²) in [6.07, 6.45) is 5.31. The van der Waals surface area contributed by atoms with E-state index in [0.29, 0.717) is 19.4 Å². The Morgan fingerprint density at radius 1 is 1.25 bits per heavy atom. The first-order valence-electron chi connectivity index (χ1n) is 7.14. The molecule has 1 aliphatic rings. The summed E-state index contributed by atoms with van der Waals surface area (Å²) in [6.45, 7) is 0.484. The smallest absolute Gasteiger partial charge is 0.310 e. The van der Waals surface area contributed by atoms with Gasteiger partial charge in [0.1, 0.15) is 0 Å². The van der Waals surface area contributed by atoms with Crippen LogP contribution < -0.4 is 5.32 Å². The third kappa shape index (κ3) is 3.82. The molecule has 0 radical (unpaired) electrons. The molecule has 1 fully saturated rings. The molecule has 4 nitrogen and oxygen atoms in total. The number of carboxylic acid groups (broad SMARTS) is 1. The van der Waals surface area contributed by atoms with Gasteiger partial charge in [-0.05, 0) is 35.2 Å². The van der Waals surface area contributed by atoms with E-state index in [1.54, 1.807) is 11.3 Å². The predicted octanol–water partition coefficient (Wildman–Crippen LogP) is 3.18. The Morgan fingerprint density at radius 3 is 2.50 bits per heavy atom. The summed E-state index contributed by atoms with van der Waals surface area (Å²) in [5, 5.41) is 16.3. The molecule has 20 heavy (non-hydrogen) atoms. The van der Waals surface area contributed by atoms with Crippen LogP contribution in [0.1, 0.15) is 50.5 Å². The van der Waals surface area contributed by atoms with Crippen LogP contribution in [0, 0.1) is 5.41 Å². The Bertz CT molecular complexity index is 448. The summed E-state index contributed by atoms with van der Waals surface area (Å²) in [4.78, 5) is 23.7. The van der Waals surface area contributed by atoms with Crippen molar-refractivity contribution >= 4 is 23.2 Å². The number of amides is 1. The Hall–Kier alpha value is -1.36. The summed E-state index contributed by atoms with van der Waals surface area (Å²) < 4.78 is 0. The van der Waals surface area contributed by atoms with Gasteiger partial charge in [0.2, 0.25) is 5.91 Å². The van der Waals surface area contributed by atoms with Crippen molar-refractivity contribution in [3.63, 3.8) is 0 Å². The minimum absolute atomic E-state index is 0.104. The molecular formula is C15H21NO3S. The number of nitrogens with one attached hydrogen (secondary N) is 1. The van der Waals surface area contributed by atoms with E-state index in [1.807, 2.05) is 16.8 Å². The zero-order valence-electron chi connectivity index (χ0n) is 11.6. The predicted molar refractivity (Wildman–Crippen MR) is 78.6 cm³/mol. The molecule has 1 amide bonds. The van der Waals surface area contributed by atoms with E-state index in [4.69, 9.17) is 0 Å². The summed E-state index contributed by atoms with van der Waals surface area (Å²) in [5.74, 6) is -0.967. The molecule has 1 aliphatic carbocycles. The van der Waals surface area contributed by atoms with Gasteiger partial charge >= 0.3 is 5.97 Å². The molecule has 110 valence electrons. The van der Waals surface area contributed by atoms with Crippen LogP contribution in [0.5, 0.6) is 0 Å². The van der Waals surface area contributed by atoms with Crippen LogP contribution in [0.4, 0.5) is 0 Å². The number of carbonyl (C=O) groups is 2. The highest BCUT2D eigenvalue weighted by Gasteiger charge is 2.40. The van der Waals surface area contributed by atoms with Crippen LogP contribution in [-0.2, 0) is 16.1 Å². The molecule has 1 saturated carbocycles. The number of carboxylic acids is 1. The highest BCUT2D eigenvalue weighted by atomic mass is 32.1. The topological polar surface area (TPSA) is 66.4 Å². The zero-order valence-corrected chi connectivity index (χ0v) is 12.4. The van der Waals surface area contributed by atoms with Crippen LogP contribution in [-0.4, -0.2) is 17.0 Å². The maximum Gasteiger partial charge on any atom is 0.310 e. The van der Waals surface area contributed by atoms with Crippen LogP contribution in [0.3, 0.4) is 0 Å². The molecule has 0 atom stereocenters. The molecule has 0 saturated heterocycles. The molecule has 5 heteroatoms. The number of hydrogen-bond acceptors (Lipinski definition) is 3. The summed E-state index contributed by atoms with van der Waals surface area (Å²) in [7, 11) is 0. The molecule has 1 aromatic heterocycles.